The Morgan fingerprint density at radius 1 is 1.30 bits per heavy atom. The highest BCUT2D eigenvalue weighted by Gasteiger charge is 2.20. The maximum Gasteiger partial charge on any atom is 0.227 e. The molecule has 1 unspecified atom stereocenters. The van der Waals surface area contributed by atoms with E-state index in [1.807, 2.05) is 0 Å². The Kier molecular flexibility index (Phi) is 3.02. The van der Waals surface area contributed by atoms with Crippen molar-refractivity contribution in [3.05, 3.63) is 0 Å². The molecule has 0 aromatic carbocycles. The number of carbonyl (C=O) groups is 2. The molecule has 0 aliphatic carbocycles. The van der Waals surface area contributed by atoms with Crippen LogP contribution in [0.3, 0.4) is 0 Å². The fourth-order valence-electron chi connectivity index (χ4n) is 0.535. The number of carbonyl (C=O) groups excluding carboxylic acids is 2. The smallest absolute Gasteiger partial charge is 0.227 e. The molecule has 0 spiro atoms. The molecule has 0 aliphatic heterocycles. The van der Waals surface area contributed by atoms with Crippen LogP contribution < -0.4 is 11.5 Å². The van der Waals surface area contributed by atoms with Crippen LogP contribution in [0.2, 0.25) is 0 Å². The molecule has 4 N–H and O–H groups in total. The Balaban J connectivity index is 4.08. The molecule has 2 atom stereocenters. The maximum absolute atomic E-state index is 10.9. The van der Waals surface area contributed by atoms with Crippen LogP contribution in [0.15, 0.2) is 0 Å². The van der Waals surface area contributed by atoms with E-state index >= 15 is 0 Å². The molecule has 0 saturated carbocycles. The Morgan fingerprint density at radius 2 is 1.70 bits per heavy atom. The van der Waals surface area contributed by atoms with E-state index in [2.05, 4.69) is 0 Å². The van der Waals surface area contributed by atoms with E-state index in [9.17, 15) is 9.59 Å². The molecule has 4 heteroatoms. The van der Waals surface area contributed by atoms with Gasteiger partial charge in [0.15, 0.2) is 5.78 Å². The topological polar surface area (TPSA) is 86.2 Å². The van der Waals surface area contributed by atoms with Crippen LogP contribution in [0, 0.1) is 5.92 Å². The number of amides is 1. The molecular formula is C6H12N2O2. The fourth-order valence-corrected chi connectivity index (χ4v) is 0.535. The molecule has 0 saturated heterocycles. The zero-order valence-electron chi connectivity index (χ0n) is 6.13. The van der Waals surface area contributed by atoms with Gasteiger partial charge in [-0.05, 0) is 13.8 Å². The first kappa shape index (κ1) is 9.10. The molecule has 1 amide bonds. The van der Waals surface area contributed by atoms with E-state index in [0.29, 0.717) is 0 Å². The Morgan fingerprint density at radius 3 is 1.80 bits per heavy atom. The molecule has 4 nitrogen and oxygen atoms in total. The van der Waals surface area contributed by atoms with E-state index in [0.717, 1.165) is 0 Å². The van der Waals surface area contributed by atoms with Gasteiger partial charge in [-0.1, -0.05) is 0 Å². The van der Waals surface area contributed by atoms with Crippen LogP contribution in [0.4, 0.5) is 0 Å². The van der Waals surface area contributed by atoms with E-state index in [-0.39, 0.29) is 5.78 Å². The lowest BCUT2D eigenvalue weighted by Gasteiger charge is -2.07. The Bertz CT molecular complexity index is 154. The summed E-state index contributed by atoms with van der Waals surface area (Å²) in [5, 5.41) is 0. The van der Waals surface area contributed by atoms with Crippen LogP contribution in [0.1, 0.15) is 13.8 Å². The van der Waals surface area contributed by atoms with E-state index < -0.39 is 17.9 Å². The molecule has 0 fully saturated rings. The number of nitrogens with two attached hydrogens (primary N) is 2. The fraction of sp³-hybridized carbons (Fsp3) is 0.667. The first-order valence-electron chi connectivity index (χ1n) is 3.05. The summed E-state index contributed by atoms with van der Waals surface area (Å²) in [5.74, 6) is -1.70. The number of rotatable bonds is 3. The van der Waals surface area contributed by atoms with Crippen LogP contribution >= 0.6 is 0 Å². The second-order valence-corrected chi connectivity index (χ2v) is 2.32. The van der Waals surface area contributed by atoms with Crippen LogP contribution in [-0.2, 0) is 9.59 Å². The van der Waals surface area contributed by atoms with Crippen molar-refractivity contribution < 1.29 is 9.59 Å². The van der Waals surface area contributed by atoms with Crippen molar-refractivity contribution in [3.8, 4) is 0 Å². The molecule has 0 heterocycles. The van der Waals surface area contributed by atoms with Crippen molar-refractivity contribution in [2.24, 2.45) is 17.4 Å². The molecule has 0 aromatic heterocycles. The van der Waals surface area contributed by atoms with Gasteiger partial charge in [-0.2, -0.15) is 0 Å². The van der Waals surface area contributed by atoms with Crippen LogP contribution in [0.25, 0.3) is 0 Å². The second-order valence-electron chi connectivity index (χ2n) is 2.32. The number of primary amides is 1. The minimum Gasteiger partial charge on any atom is -0.369 e. The molecule has 58 valence electrons. The maximum atomic E-state index is 10.9. The first-order chi connectivity index (χ1) is 4.46. The summed E-state index contributed by atoms with van der Waals surface area (Å²) in [6, 6.07) is -0.609. The average Bonchev–Trinajstić information content (AvgIpc) is 1.84. The Hall–Kier alpha value is -0.900. The largest absolute Gasteiger partial charge is 0.369 e. The summed E-state index contributed by atoms with van der Waals surface area (Å²) < 4.78 is 0. The number of hydrogen-bond donors (Lipinski definition) is 2. The van der Waals surface area contributed by atoms with Crippen molar-refractivity contribution in [3.63, 3.8) is 0 Å². The SMILES string of the molecule is CC(C(N)=O)C(=O)[C@@H](C)N. The quantitative estimate of drug-likeness (QED) is 0.499. The lowest BCUT2D eigenvalue weighted by atomic mass is 10.0. The molecule has 0 radical (unpaired) electrons. The van der Waals surface area contributed by atoms with Gasteiger partial charge in [-0.15, -0.1) is 0 Å². The minimum atomic E-state index is -0.764. The van der Waals surface area contributed by atoms with Crippen molar-refractivity contribution in [1.82, 2.24) is 0 Å². The third-order valence-corrected chi connectivity index (χ3v) is 1.30. The van der Waals surface area contributed by atoms with Crippen molar-refractivity contribution in [1.29, 1.82) is 0 Å². The summed E-state index contributed by atoms with van der Waals surface area (Å²) in [7, 11) is 0. The van der Waals surface area contributed by atoms with E-state index in [1.165, 1.54) is 13.8 Å². The zero-order valence-corrected chi connectivity index (χ0v) is 6.13. The van der Waals surface area contributed by atoms with Gasteiger partial charge in [0.1, 0.15) is 0 Å². The average molecular weight is 144 g/mol. The minimum absolute atomic E-state index is 0.312. The second kappa shape index (κ2) is 3.31. The third-order valence-electron chi connectivity index (χ3n) is 1.30. The molecule has 0 aromatic rings. The van der Waals surface area contributed by atoms with Gasteiger partial charge < -0.3 is 11.5 Å². The highest BCUT2D eigenvalue weighted by atomic mass is 16.2. The molecule has 10 heavy (non-hydrogen) atoms. The first-order valence-corrected chi connectivity index (χ1v) is 3.05. The zero-order chi connectivity index (χ0) is 8.31. The third kappa shape index (κ3) is 2.14. The van der Waals surface area contributed by atoms with Gasteiger partial charge in [0.2, 0.25) is 5.91 Å². The number of Topliss-reactive ketones (excluding diaryl/α,β-unsaturated/α-hetero) is 1. The highest BCUT2D eigenvalue weighted by molar-refractivity contribution is 6.02. The van der Waals surface area contributed by atoms with Gasteiger partial charge in [-0.25, -0.2) is 0 Å². The summed E-state index contributed by atoms with van der Waals surface area (Å²) in [4.78, 5) is 21.2. The molecule has 0 aliphatic rings. The van der Waals surface area contributed by atoms with Crippen LogP contribution in [-0.4, -0.2) is 17.7 Å². The monoisotopic (exact) mass is 144 g/mol. The van der Waals surface area contributed by atoms with Crippen molar-refractivity contribution in [2.75, 3.05) is 0 Å². The predicted octanol–water partition coefficient (Wildman–Crippen LogP) is -0.976. The van der Waals surface area contributed by atoms with Crippen molar-refractivity contribution >= 4 is 11.7 Å². The summed E-state index contributed by atoms with van der Waals surface area (Å²) >= 11 is 0. The number of hydrogen-bond acceptors (Lipinski definition) is 3. The van der Waals surface area contributed by atoms with Gasteiger partial charge in [0.05, 0.1) is 12.0 Å². The molecular weight excluding hydrogens is 132 g/mol. The van der Waals surface area contributed by atoms with Gasteiger partial charge in [0, 0.05) is 0 Å². The highest BCUT2D eigenvalue weighted by Crippen LogP contribution is 1.97. The predicted molar refractivity (Wildman–Crippen MR) is 37.0 cm³/mol. The summed E-state index contributed by atoms with van der Waals surface area (Å²) in [6.45, 7) is 2.98. The molecule has 0 bridgehead atoms. The van der Waals surface area contributed by atoms with E-state index in [1.54, 1.807) is 0 Å². The number of ketones is 1. The van der Waals surface area contributed by atoms with Crippen molar-refractivity contribution in [2.45, 2.75) is 19.9 Å². The van der Waals surface area contributed by atoms with Gasteiger partial charge >= 0.3 is 0 Å². The standard InChI is InChI=1S/C6H12N2O2/c1-3(6(8)10)5(9)4(2)7/h3-4H,7H2,1-2H3,(H2,8,10)/t3?,4-/m1/s1. The summed E-state index contributed by atoms with van der Waals surface area (Å²) in [5.41, 5.74) is 10.1. The normalized spacial score (nSPS) is 15.9. The Labute approximate surface area is 59.6 Å². The van der Waals surface area contributed by atoms with E-state index in [4.69, 9.17) is 11.5 Å². The lowest BCUT2D eigenvalue weighted by molar-refractivity contribution is -0.132. The van der Waals surface area contributed by atoms with Gasteiger partial charge in [-0.3, -0.25) is 9.59 Å². The summed E-state index contributed by atoms with van der Waals surface area (Å²) in [6.07, 6.45) is 0. The lowest BCUT2D eigenvalue weighted by Crippen LogP contribution is -2.38. The van der Waals surface area contributed by atoms with Crippen LogP contribution in [0.5, 0.6) is 0 Å². The molecule has 0 rings (SSSR count). The van der Waals surface area contributed by atoms with Gasteiger partial charge in [0.25, 0.3) is 0 Å².